The van der Waals surface area contributed by atoms with E-state index >= 15 is 0 Å². The summed E-state index contributed by atoms with van der Waals surface area (Å²) in [6.45, 7) is 5.02. The Morgan fingerprint density at radius 3 is 2.75 bits per heavy atom. The molecule has 0 saturated heterocycles. The molecule has 0 aliphatic carbocycles. The normalized spacial score (nSPS) is 12.2. The summed E-state index contributed by atoms with van der Waals surface area (Å²) in [5, 5.41) is 3.07. The van der Waals surface area contributed by atoms with Gasteiger partial charge in [-0.1, -0.05) is 6.07 Å². The van der Waals surface area contributed by atoms with Crippen molar-refractivity contribution in [1.29, 1.82) is 0 Å². The molecule has 1 aromatic carbocycles. The molecule has 1 aromatic heterocycles. The minimum absolute atomic E-state index is 0.0574. The van der Waals surface area contributed by atoms with Crippen LogP contribution in [0.5, 0.6) is 0 Å². The first kappa shape index (κ1) is 15.0. The lowest BCUT2D eigenvalue weighted by Crippen LogP contribution is -2.29. The van der Waals surface area contributed by atoms with E-state index in [2.05, 4.69) is 39.9 Å². The van der Waals surface area contributed by atoms with Gasteiger partial charge >= 0.3 is 0 Å². The van der Waals surface area contributed by atoms with Crippen molar-refractivity contribution in [3.05, 3.63) is 29.1 Å². The number of benzene rings is 1. The summed E-state index contributed by atoms with van der Waals surface area (Å²) in [5.74, 6) is 0.873. The average Bonchev–Trinajstić information content (AvgIpc) is 2.83. The van der Waals surface area contributed by atoms with Gasteiger partial charge in [0.25, 0.3) is 0 Å². The SMILES string of the molecule is CNS(=O)(=O)CCNCc1nc2c(C)c(C)ccc2[nH]1. The van der Waals surface area contributed by atoms with E-state index in [1.165, 1.54) is 18.2 Å². The molecule has 20 heavy (non-hydrogen) atoms. The predicted octanol–water partition coefficient (Wildman–Crippen LogP) is 0.819. The third kappa shape index (κ3) is 3.36. The molecule has 2 rings (SSSR count). The van der Waals surface area contributed by atoms with Crippen LogP contribution in [0.1, 0.15) is 17.0 Å². The second-order valence-electron chi connectivity index (χ2n) is 4.79. The topological polar surface area (TPSA) is 86.9 Å². The van der Waals surface area contributed by atoms with Gasteiger partial charge in [0, 0.05) is 6.54 Å². The minimum atomic E-state index is -3.15. The van der Waals surface area contributed by atoms with Crippen LogP contribution < -0.4 is 10.0 Å². The van der Waals surface area contributed by atoms with E-state index < -0.39 is 10.0 Å². The van der Waals surface area contributed by atoms with E-state index in [4.69, 9.17) is 0 Å². The Labute approximate surface area is 119 Å². The van der Waals surface area contributed by atoms with Gasteiger partial charge < -0.3 is 10.3 Å². The molecule has 1 heterocycles. The molecule has 0 saturated carbocycles. The molecule has 0 aliphatic rings. The molecule has 7 heteroatoms. The number of hydrogen-bond donors (Lipinski definition) is 3. The summed E-state index contributed by atoms with van der Waals surface area (Å²) in [7, 11) is -1.74. The Hall–Kier alpha value is -1.44. The standard InChI is InChI=1S/C13H20N4O2S/c1-9-4-5-11-13(10(9)2)17-12(16-11)8-15-6-7-20(18,19)14-3/h4-5,14-15H,6-8H2,1-3H3,(H,16,17). The number of sulfonamides is 1. The van der Waals surface area contributed by atoms with Crippen LogP contribution in [0.2, 0.25) is 0 Å². The number of imidazole rings is 1. The number of rotatable bonds is 6. The smallest absolute Gasteiger partial charge is 0.212 e. The lowest BCUT2D eigenvalue weighted by Gasteiger charge is -2.03. The van der Waals surface area contributed by atoms with Gasteiger partial charge in [-0.05, 0) is 38.1 Å². The van der Waals surface area contributed by atoms with Crippen molar-refractivity contribution < 1.29 is 8.42 Å². The molecular weight excluding hydrogens is 276 g/mol. The second-order valence-corrected chi connectivity index (χ2v) is 6.83. The Morgan fingerprint density at radius 1 is 1.30 bits per heavy atom. The van der Waals surface area contributed by atoms with Crippen LogP contribution >= 0.6 is 0 Å². The van der Waals surface area contributed by atoms with E-state index in [0.29, 0.717) is 13.1 Å². The van der Waals surface area contributed by atoms with Crippen molar-refractivity contribution in [3.8, 4) is 0 Å². The van der Waals surface area contributed by atoms with Crippen LogP contribution in [0.3, 0.4) is 0 Å². The maximum Gasteiger partial charge on any atom is 0.212 e. The first-order valence-electron chi connectivity index (χ1n) is 6.49. The van der Waals surface area contributed by atoms with E-state index in [-0.39, 0.29) is 5.75 Å². The molecule has 6 nitrogen and oxygen atoms in total. The second kappa shape index (κ2) is 5.90. The molecule has 0 bridgehead atoms. The van der Waals surface area contributed by atoms with Gasteiger partial charge in [0.15, 0.2) is 0 Å². The maximum absolute atomic E-state index is 11.3. The average molecular weight is 296 g/mol. The van der Waals surface area contributed by atoms with Crippen LogP contribution in [0.25, 0.3) is 11.0 Å². The number of nitrogens with one attached hydrogen (secondary N) is 3. The van der Waals surface area contributed by atoms with Crippen LogP contribution in [0, 0.1) is 13.8 Å². The predicted molar refractivity (Wildman–Crippen MR) is 80.1 cm³/mol. The zero-order chi connectivity index (χ0) is 14.8. The molecule has 2 aromatic rings. The number of fused-ring (bicyclic) bond motifs is 1. The fraction of sp³-hybridized carbons (Fsp3) is 0.462. The molecule has 0 unspecified atom stereocenters. The highest BCUT2D eigenvalue weighted by Crippen LogP contribution is 2.19. The fourth-order valence-corrected chi connectivity index (χ4v) is 2.58. The highest BCUT2D eigenvalue weighted by Gasteiger charge is 2.08. The zero-order valence-corrected chi connectivity index (χ0v) is 12.8. The molecule has 0 radical (unpaired) electrons. The van der Waals surface area contributed by atoms with E-state index in [1.807, 2.05) is 6.07 Å². The molecular formula is C13H20N4O2S. The summed E-state index contributed by atoms with van der Waals surface area (Å²) >= 11 is 0. The minimum Gasteiger partial charge on any atom is -0.341 e. The van der Waals surface area contributed by atoms with Crippen molar-refractivity contribution in [2.24, 2.45) is 0 Å². The summed E-state index contributed by atoms with van der Waals surface area (Å²) in [4.78, 5) is 7.78. The maximum atomic E-state index is 11.3. The molecule has 0 fully saturated rings. The third-order valence-corrected chi connectivity index (χ3v) is 4.74. The summed E-state index contributed by atoms with van der Waals surface area (Å²) in [6, 6.07) is 4.08. The number of hydrogen-bond acceptors (Lipinski definition) is 4. The lowest BCUT2D eigenvalue weighted by molar-refractivity contribution is 0.582. The van der Waals surface area contributed by atoms with Gasteiger partial charge in [0.1, 0.15) is 5.82 Å². The van der Waals surface area contributed by atoms with E-state index in [1.54, 1.807) is 0 Å². The number of aromatic nitrogens is 2. The highest BCUT2D eigenvalue weighted by molar-refractivity contribution is 7.89. The van der Waals surface area contributed by atoms with Gasteiger partial charge in [-0.15, -0.1) is 0 Å². The Kier molecular flexibility index (Phi) is 4.42. The lowest BCUT2D eigenvalue weighted by atomic mass is 10.1. The van der Waals surface area contributed by atoms with Crippen molar-refractivity contribution in [2.75, 3.05) is 19.3 Å². The Morgan fingerprint density at radius 2 is 2.05 bits per heavy atom. The van der Waals surface area contributed by atoms with Gasteiger partial charge in [0.2, 0.25) is 10.0 Å². The van der Waals surface area contributed by atoms with Crippen LogP contribution in [-0.2, 0) is 16.6 Å². The zero-order valence-electron chi connectivity index (χ0n) is 11.9. The quantitative estimate of drug-likeness (QED) is 0.689. The van der Waals surface area contributed by atoms with Crippen LogP contribution in [0.15, 0.2) is 12.1 Å². The fourth-order valence-electron chi connectivity index (χ4n) is 1.96. The van der Waals surface area contributed by atoms with Gasteiger partial charge in [-0.2, -0.15) is 0 Å². The van der Waals surface area contributed by atoms with Crippen LogP contribution in [0.4, 0.5) is 0 Å². The van der Waals surface area contributed by atoms with Crippen molar-refractivity contribution >= 4 is 21.1 Å². The molecule has 110 valence electrons. The number of aryl methyl sites for hydroxylation is 2. The van der Waals surface area contributed by atoms with E-state index in [9.17, 15) is 8.42 Å². The highest BCUT2D eigenvalue weighted by atomic mass is 32.2. The Bertz CT molecular complexity index is 706. The van der Waals surface area contributed by atoms with Crippen molar-refractivity contribution in [2.45, 2.75) is 20.4 Å². The summed E-state index contributed by atoms with van der Waals surface area (Å²) in [6.07, 6.45) is 0. The molecule has 0 atom stereocenters. The number of aromatic amines is 1. The molecule has 0 amide bonds. The number of H-pyrrole nitrogens is 1. The molecule has 0 spiro atoms. The van der Waals surface area contributed by atoms with Crippen molar-refractivity contribution in [3.63, 3.8) is 0 Å². The Balaban J connectivity index is 1.99. The van der Waals surface area contributed by atoms with E-state index in [0.717, 1.165) is 16.9 Å². The van der Waals surface area contributed by atoms with Crippen molar-refractivity contribution in [1.82, 2.24) is 20.0 Å². The first-order valence-corrected chi connectivity index (χ1v) is 8.15. The molecule has 3 N–H and O–H groups in total. The van der Waals surface area contributed by atoms with Crippen LogP contribution in [-0.4, -0.2) is 37.7 Å². The first-order chi connectivity index (χ1) is 9.43. The largest absolute Gasteiger partial charge is 0.341 e. The molecule has 0 aliphatic heterocycles. The summed E-state index contributed by atoms with van der Waals surface area (Å²) in [5.41, 5.74) is 4.36. The third-order valence-electron chi connectivity index (χ3n) is 3.38. The number of nitrogens with zero attached hydrogens (tertiary/aromatic N) is 1. The van der Waals surface area contributed by atoms with Gasteiger partial charge in [-0.3, -0.25) is 0 Å². The summed E-state index contributed by atoms with van der Waals surface area (Å²) < 4.78 is 24.8. The monoisotopic (exact) mass is 296 g/mol. The van der Waals surface area contributed by atoms with Gasteiger partial charge in [-0.25, -0.2) is 18.1 Å². The van der Waals surface area contributed by atoms with Gasteiger partial charge in [0.05, 0.1) is 23.3 Å².